The molecule has 1 saturated heterocycles. The molecule has 7 nitrogen and oxygen atoms in total. The standard InChI is InChI=1S/C21H28N4O3/c1-6-7-15-8-10-16(11-9-15)21(5)18(27)25(19(28)24-21)12-17(26)23-20(4,13-22)14(2)3/h8-11,14H,6-7,12H2,1-5H3,(H,23,26)(H,24,28). The molecule has 0 radical (unpaired) electrons. The molecule has 0 aromatic heterocycles. The van der Waals surface area contributed by atoms with E-state index in [1.807, 2.05) is 38.1 Å². The quantitative estimate of drug-likeness (QED) is 0.705. The molecule has 1 aliphatic rings. The second-order valence-corrected chi connectivity index (χ2v) is 7.91. The van der Waals surface area contributed by atoms with E-state index >= 15 is 0 Å². The third-order valence-electron chi connectivity index (χ3n) is 5.43. The molecule has 1 fully saturated rings. The molecule has 0 spiro atoms. The molecule has 2 atom stereocenters. The molecular weight excluding hydrogens is 356 g/mol. The minimum absolute atomic E-state index is 0.128. The molecule has 2 rings (SSSR count). The maximum atomic E-state index is 13.0. The minimum atomic E-state index is -1.22. The summed E-state index contributed by atoms with van der Waals surface area (Å²) in [6.45, 7) is 8.54. The summed E-state index contributed by atoms with van der Waals surface area (Å²) in [7, 11) is 0. The Kier molecular flexibility index (Phi) is 6.13. The summed E-state index contributed by atoms with van der Waals surface area (Å²) in [6, 6.07) is 9.01. The van der Waals surface area contributed by atoms with Gasteiger partial charge in [-0.15, -0.1) is 0 Å². The molecule has 2 unspecified atom stereocenters. The fourth-order valence-electron chi connectivity index (χ4n) is 3.10. The van der Waals surface area contributed by atoms with E-state index in [0.29, 0.717) is 5.56 Å². The Morgan fingerprint density at radius 2 is 1.93 bits per heavy atom. The molecule has 28 heavy (non-hydrogen) atoms. The van der Waals surface area contributed by atoms with Crippen molar-refractivity contribution in [1.29, 1.82) is 5.26 Å². The van der Waals surface area contributed by atoms with Crippen LogP contribution < -0.4 is 10.6 Å². The van der Waals surface area contributed by atoms with Gasteiger partial charge in [0.2, 0.25) is 5.91 Å². The van der Waals surface area contributed by atoms with Crippen molar-refractivity contribution >= 4 is 17.8 Å². The second kappa shape index (κ2) is 8.01. The second-order valence-electron chi connectivity index (χ2n) is 7.91. The lowest BCUT2D eigenvalue weighted by atomic mass is 9.90. The number of hydrogen-bond acceptors (Lipinski definition) is 4. The van der Waals surface area contributed by atoms with Gasteiger partial charge >= 0.3 is 6.03 Å². The van der Waals surface area contributed by atoms with E-state index in [2.05, 4.69) is 23.6 Å². The van der Waals surface area contributed by atoms with Gasteiger partial charge in [-0.25, -0.2) is 4.79 Å². The van der Waals surface area contributed by atoms with Crippen molar-refractivity contribution in [2.75, 3.05) is 6.54 Å². The van der Waals surface area contributed by atoms with E-state index in [1.54, 1.807) is 13.8 Å². The van der Waals surface area contributed by atoms with Crippen molar-refractivity contribution in [3.63, 3.8) is 0 Å². The van der Waals surface area contributed by atoms with Gasteiger partial charge in [0.05, 0.1) is 6.07 Å². The average molecular weight is 384 g/mol. The van der Waals surface area contributed by atoms with Crippen LogP contribution >= 0.6 is 0 Å². The monoisotopic (exact) mass is 384 g/mol. The van der Waals surface area contributed by atoms with Gasteiger partial charge < -0.3 is 10.6 Å². The third kappa shape index (κ3) is 4.01. The van der Waals surface area contributed by atoms with E-state index in [4.69, 9.17) is 0 Å². The van der Waals surface area contributed by atoms with E-state index < -0.39 is 35.5 Å². The summed E-state index contributed by atoms with van der Waals surface area (Å²) in [5.74, 6) is -1.17. The lowest BCUT2D eigenvalue weighted by molar-refractivity contribution is -0.135. The van der Waals surface area contributed by atoms with Crippen LogP contribution in [0.4, 0.5) is 4.79 Å². The first-order valence-corrected chi connectivity index (χ1v) is 9.53. The van der Waals surface area contributed by atoms with Gasteiger partial charge in [-0.05, 0) is 37.3 Å². The first-order valence-electron chi connectivity index (χ1n) is 9.53. The highest BCUT2D eigenvalue weighted by molar-refractivity contribution is 6.09. The zero-order chi connectivity index (χ0) is 21.1. The Labute approximate surface area is 166 Å². The normalized spacial score (nSPS) is 21.2. The predicted molar refractivity (Wildman–Crippen MR) is 105 cm³/mol. The van der Waals surface area contributed by atoms with E-state index in [0.717, 1.165) is 23.3 Å². The highest BCUT2D eigenvalue weighted by Gasteiger charge is 2.49. The molecule has 0 aliphatic carbocycles. The number of nitrogens with one attached hydrogen (secondary N) is 2. The number of nitriles is 1. The molecule has 4 amide bonds. The van der Waals surface area contributed by atoms with Gasteiger partial charge in [-0.1, -0.05) is 51.5 Å². The Hall–Kier alpha value is -2.88. The van der Waals surface area contributed by atoms with Gasteiger partial charge in [-0.2, -0.15) is 5.26 Å². The largest absolute Gasteiger partial charge is 0.336 e. The molecule has 0 bridgehead atoms. The number of urea groups is 1. The van der Waals surface area contributed by atoms with Crippen LogP contribution in [0, 0.1) is 17.2 Å². The molecule has 2 N–H and O–H groups in total. The zero-order valence-electron chi connectivity index (χ0n) is 17.1. The summed E-state index contributed by atoms with van der Waals surface area (Å²) in [4.78, 5) is 38.6. The number of hydrogen-bond donors (Lipinski definition) is 2. The number of carbonyl (C=O) groups excluding carboxylic acids is 3. The fraction of sp³-hybridized carbons (Fsp3) is 0.524. The van der Waals surface area contributed by atoms with Crippen LogP contribution in [0.5, 0.6) is 0 Å². The van der Waals surface area contributed by atoms with Crippen molar-refractivity contribution in [3.05, 3.63) is 35.4 Å². The number of nitrogens with zero attached hydrogens (tertiary/aromatic N) is 2. The molecule has 1 heterocycles. The SMILES string of the molecule is CCCc1ccc(C2(C)NC(=O)N(CC(=O)NC(C)(C#N)C(C)C)C2=O)cc1. The van der Waals surface area contributed by atoms with Crippen molar-refractivity contribution in [2.45, 2.75) is 58.5 Å². The van der Waals surface area contributed by atoms with Crippen LogP contribution in [0.2, 0.25) is 0 Å². The highest BCUT2D eigenvalue weighted by Crippen LogP contribution is 2.29. The summed E-state index contributed by atoms with van der Waals surface area (Å²) in [5.41, 5.74) is -0.474. The summed E-state index contributed by atoms with van der Waals surface area (Å²) in [5, 5.41) is 14.7. The van der Waals surface area contributed by atoms with E-state index in [-0.39, 0.29) is 5.92 Å². The Morgan fingerprint density at radius 1 is 1.32 bits per heavy atom. The zero-order valence-corrected chi connectivity index (χ0v) is 17.1. The molecular formula is C21H28N4O3. The molecule has 1 aliphatic heterocycles. The first kappa shape index (κ1) is 21.4. The van der Waals surface area contributed by atoms with Crippen LogP contribution in [0.25, 0.3) is 0 Å². The summed E-state index contributed by atoms with van der Waals surface area (Å²) >= 11 is 0. The average Bonchev–Trinajstić information content (AvgIpc) is 2.86. The Balaban J connectivity index is 2.16. The molecule has 0 saturated carbocycles. The van der Waals surface area contributed by atoms with Crippen molar-refractivity contribution in [2.24, 2.45) is 5.92 Å². The number of imide groups is 1. The number of rotatable bonds is 7. The lowest BCUT2D eigenvalue weighted by Crippen LogP contribution is -2.52. The molecule has 1 aromatic carbocycles. The van der Waals surface area contributed by atoms with Crippen molar-refractivity contribution in [3.8, 4) is 6.07 Å². The van der Waals surface area contributed by atoms with Crippen molar-refractivity contribution < 1.29 is 14.4 Å². The smallest absolute Gasteiger partial charge is 0.325 e. The van der Waals surface area contributed by atoms with Gasteiger partial charge in [0.1, 0.15) is 17.6 Å². The Morgan fingerprint density at radius 3 is 2.43 bits per heavy atom. The van der Waals surface area contributed by atoms with Gasteiger partial charge in [0, 0.05) is 0 Å². The maximum absolute atomic E-state index is 13.0. The molecule has 7 heteroatoms. The lowest BCUT2D eigenvalue weighted by Gasteiger charge is -2.28. The fourth-order valence-corrected chi connectivity index (χ4v) is 3.10. The molecule has 150 valence electrons. The minimum Gasteiger partial charge on any atom is -0.336 e. The van der Waals surface area contributed by atoms with Crippen LogP contribution in [0.3, 0.4) is 0 Å². The third-order valence-corrected chi connectivity index (χ3v) is 5.43. The highest BCUT2D eigenvalue weighted by atomic mass is 16.2. The number of benzene rings is 1. The number of amides is 4. The number of aryl methyl sites for hydroxylation is 1. The van der Waals surface area contributed by atoms with Gasteiger partial charge in [-0.3, -0.25) is 14.5 Å². The Bertz CT molecular complexity index is 812. The van der Waals surface area contributed by atoms with Gasteiger partial charge in [0.25, 0.3) is 5.91 Å². The summed E-state index contributed by atoms with van der Waals surface area (Å²) in [6.07, 6.45) is 1.96. The topological polar surface area (TPSA) is 102 Å². The van der Waals surface area contributed by atoms with Crippen LogP contribution in [-0.2, 0) is 21.5 Å². The van der Waals surface area contributed by atoms with Crippen molar-refractivity contribution in [1.82, 2.24) is 15.5 Å². The molecule has 1 aromatic rings. The van der Waals surface area contributed by atoms with Crippen LogP contribution in [0.15, 0.2) is 24.3 Å². The maximum Gasteiger partial charge on any atom is 0.325 e. The van der Waals surface area contributed by atoms with E-state index in [1.165, 1.54) is 0 Å². The first-order chi connectivity index (χ1) is 13.1. The van der Waals surface area contributed by atoms with Crippen LogP contribution in [0.1, 0.15) is 52.2 Å². The predicted octanol–water partition coefficient (Wildman–Crippen LogP) is 2.46. The number of carbonyl (C=O) groups is 3. The van der Waals surface area contributed by atoms with Crippen LogP contribution in [-0.4, -0.2) is 34.8 Å². The van der Waals surface area contributed by atoms with Gasteiger partial charge in [0.15, 0.2) is 0 Å². The van der Waals surface area contributed by atoms with E-state index in [9.17, 15) is 19.6 Å². The summed E-state index contributed by atoms with van der Waals surface area (Å²) < 4.78 is 0.